The topological polar surface area (TPSA) is 72.5 Å². The van der Waals surface area contributed by atoms with E-state index < -0.39 is 5.41 Å². The first-order valence-corrected chi connectivity index (χ1v) is 6.52. The number of phenols is 1. The van der Waals surface area contributed by atoms with Gasteiger partial charge in [0.25, 0.3) is 0 Å². The van der Waals surface area contributed by atoms with Crippen molar-refractivity contribution in [3.05, 3.63) is 29.8 Å². The molecule has 1 saturated carbocycles. The summed E-state index contributed by atoms with van der Waals surface area (Å²) in [5.41, 5.74) is 6.00. The van der Waals surface area contributed by atoms with E-state index >= 15 is 0 Å². The first-order chi connectivity index (χ1) is 8.82. The third-order valence-electron chi connectivity index (χ3n) is 4.30. The summed E-state index contributed by atoms with van der Waals surface area (Å²) in [5, 5.41) is 9.24. The zero-order valence-electron chi connectivity index (χ0n) is 11.6. The Kier molecular flexibility index (Phi) is 3.31. The van der Waals surface area contributed by atoms with Gasteiger partial charge in [-0.1, -0.05) is 26.0 Å². The van der Waals surface area contributed by atoms with Crippen molar-refractivity contribution in [1.29, 1.82) is 0 Å². The van der Waals surface area contributed by atoms with E-state index in [9.17, 15) is 9.90 Å². The van der Waals surface area contributed by atoms with E-state index in [-0.39, 0.29) is 23.2 Å². The minimum absolute atomic E-state index is 0.0759. The van der Waals surface area contributed by atoms with Crippen LogP contribution < -0.4 is 5.73 Å². The Morgan fingerprint density at radius 3 is 2.37 bits per heavy atom. The molecule has 104 valence electrons. The number of carbonyl (C=O) groups excluding carboxylic acids is 1. The van der Waals surface area contributed by atoms with Gasteiger partial charge >= 0.3 is 5.97 Å². The summed E-state index contributed by atoms with van der Waals surface area (Å²) in [6.45, 7) is 6.21. The molecule has 1 aliphatic rings. The van der Waals surface area contributed by atoms with Crippen molar-refractivity contribution < 1.29 is 14.6 Å². The van der Waals surface area contributed by atoms with Crippen molar-refractivity contribution in [3.8, 4) is 5.75 Å². The molecule has 1 aromatic carbocycles. The first-order valence-electron chi connectivity index (χ1n) is 6.52. The third-order valence-corrected chi connectivity index (χ3v) is 4.30. The predicted molar refractivity (Wildman–Crippen MR) is 72.5 cm³/mol. The molecule has 0 spiro atoms. The minimum atomic E-state index is -0.530. The molecule has 1 aliphatic carbocycles. The molecular weight excluding hydrogens is 242 g/mol. The molecule has 2 rings (SSSR count). The predicted octanol–water partition coefficient (Wildman–Crippen LogP) is 2.37. The number of phenolic OH excluding ortho intramolecular Hbond substituents is 1. The Bertz CT molecular complexity index is 481. The van der Waals surface area contributed by atoms with Crippen molar-refractivity contribution in [1.82, 2.24) is 0 Å². The number of esters is 1. The highest BCUT2D eigenvalue weighted by atomic mass is 16.5. The molecule has 1 fully saturated rings. The van der Waals surface area contributed by atoms with Crippen molar-refractivity contribution in [2.75, 3.05) is 6.54 Å². The Morgan fingerprint density at radius 2 is 1.95 bits per heavy atom. The first kappa shape index (κ1) is 13.9. The minimum Gasteiger partial charge on any atom is -0.508 e. The molecule has 3 N–H and O–H groups in total. The van der Waals surface area contributed by atoms with Crippen LogP contribution in [0, 0.1) is 10.8 Å². The Balaban J connectivity index is 2.05. The van der Waals surface area contributed by atoms with Gasteiger partial charge < -0.3 is 15.6 Å². The maximum absolute atomic E-state index is 12.3. The number of aromatic hydroxyl groups is 1. The lowest BCUT2D eigenvalue weighted by Crippen LogP contribution is -2.32. The third kappa shape index (κ3) is 2.32. The Labute approximate surface area is 113 Å². The molecule has 19 heavy (non-hydrogen) atoms. The number of rotatable bonds is 4. The molecule has 0 bridgehead atoms. The van der Waals surface area contributed by atoms with Gasteiger partial charge in [-0.25, -0.2) is 0 Å². The molecular formula is C15H21NO3. The fourth-order valence-corrected chi connectivity index (χ4v) is 2.58. The molecule has 0 aromatic heterocycles. The quantitative estimate of drug-likeness (QED) is 0.818. The second kappa shape index (κ2) is 4.53. The molecule has 0 radical (unpaired) electrons. The number of ether oxygens (including phenoxy) is 1. The highest BCUT2D eigenvalue weighted by Gasteiger charge is 2.66. The highest BCUT2D eigenvalue weighted by molar-refractivity contribution is 5.82. The monoisotopic (exact) mass is 263 g/mol. The van der Waals surface area contributed by atoms with Crippen molar-refractivity contribution in [2.24, 2.45) is 16.6 Å². The lowest BCUT2D eigenvalue weighted by molar-refractivity contribution is -0.156. The summed E-state index contributed by atoms with van der Waals surface area (Å²) in [7, 11) is 0. The molecule has 1 aromatic rings. The largest absolute Gasteiger partial charge is 0.508 e. The zero-order chi connectivity index (χ0) is 14.3. The summed E-state index contributed by atoms with van der Waals surface area (Å²) < 4.78 is 5.53. The van der Waals surface area contributed by atoms with Gasteiger partial charge in [-0.15, -0.1) is 0 Å². The van der Waals surface area contributed by atoms with Gasteiger partial charge in [0.05, 0.1) is 5.41 Å². The molecule has 0 heterocycles. The maximum Gasteiger partial charge on any atom is 0.314 e. The van der Waals surface area contributed by atoms with Crippen LogP contribution in [-0.2, 0) is 9.53 Å². The number of hydrogen-bond acceptors (Lipinski definition) is 4. The lowest BCUT2D eigenvalue weighted by Gasteiger charge is -2.21. The molecule has 0 amide bonds. The Morgan fingerprint density at radius 1 is 1.42 bits per heavy atom. The molecule has 0 aliphatic heterocycles. The number of benzene rings is 1. The summed E-state index contributed by atoms with van der Waals surface area (Å²) in [6, 6.07) is 6.67. The van der Waals surface area contributed by atoms with Gasteiger partial charge in [0, 0.05) is 6.54 Å². The molecule has 4 heteroatoms. The normalized spacial score (nSPS) is 25.7. The van der Waals surface area contributed by atoms with Gasteiger partial charge in [0.1, 0.15) is 11.9 Å². The van der Waals surface area contributed by atoms with Crippen LogP contribution in [0.4, 0.5) is 0 Å². The van der Waals surface area contributed by atoms with Crippen LogP contribution in [0.5, 0.6) is 5.75 Å². The fourth-order valence-electron chi connectivity index (χ4n) is 2.58. The second-order valence-electron chi connectivity index (χ2n) is 5.99. The van der Waals surface area contributed by atoms with Gasteiger partial charge in [-0.2, -0.15) is 0 Å². The van der Waals surface area contributed by atoms with Crippen LogP contribution in [0.1, 0.15) is 38.9 Å². The van der Waals surface area contributed by atoms with E-state index in [2.05, 4.69) is 0 Å². The van der Waals surface area contributed by atoms with Crippen LogP contribution in [0.2, 0.25) is 0 Å². The average molecular weight is 263 g/mol. The van der Waals surface area contributed by atoms with Crippen LogP contribution in [0.25, 0.3) is 0 Å². The number of carbonyl (C=O) groups is 1. The second-order valence-corrected chi connectivity index (χ2v) is 5.99. The summed E-state index contributed by atoms with van der Waals surface area (Å²) >= 11 is 0. The highest BCUT2D eigenvalue weighted by Crippen LogP contribution is 2.63. The van der Waals surface area contributed by atoms with Crippen molar-refractivity contribution in [3.63, 3.8) is 0 Å². The maximum atomic E-state index is 12.3. The standard InChI is InChI=1S/C15H21NO3/c1-10(11-4-6-12(17)7-5-11)19-13(18)15(9-16)8-14(15,2)3/h4-7,10,17H,8-9,16H2,1-3H3. The van der Waals surface area contributed by atoms with Gasteiger partial charge in [-0.3, -0.25) is 4.79 Å². The van der Waals surface area contributed by atoms with Crippen molar-refractivity contribution >= 4 is 5.97 Å². The van der Waals surface area contributed by atoms with E-state index in [0.29, 0.717) is 6.54 Å². The van der Waals surface area contributed by atoms with Crippen molar-refractivity contribution in [2.45, 2.75) is 33.3 Å². The summed E-state index contributed by atoms with van der Waals surface area (Å²) in [6.07, 6.45) is 0.436. The number of hydrogen-bond donors (Lipinski definition) is 2. The van der Waals surface area contributed by atoms with Gasteiger partial charge in [-0.05, 0) is 36.5 Å². The van der Waals surface area contributed by atoms with E-state index in [1.807, 2.05) is 20.8 Å². The molecule has 4 nitrogen and oxygen atoms in total. The van der Waals surface area contributed by atoms with E-state index in [1.54, 1.807) is 24.3 Å². The van der Waals surface area contributed by atoms with Gasteiger partial charge in [0.15, 0.2) is 0 Å². The molecule has 0 saturated heterocycles. The molecule has 2 unspecified atom stereocenters. The summed E-state index contributed by atoms with van der Waals surface area (Å²) in [5.74, 6) is -0.0235. The van der Waals surface area contributed by atoms with Crippen LogP contribution >= 0.6 is 0 Å². The zero-order valence-corrected chi connectivity index (χ0v) is 11.6. The fraction of sp³-hybridized carbons (Fsp3) is 0.533. The van der Waals surface area contributed by atoms with E-state index in [1.165, 1.54) is 0 Å². The van der Waals surface area contributed by atoms with E-state index in [0.717, 1.165) is 12.0 Å². The lowest BCUT2D eigenvalue weighted by atomic mass is 9.96. The smallest absolute Gasteiger partial charge is 0.314 e. The summed E-state index contributed by atoms with van der Waals surface area (Å²) in [4.78, 5) is 12.3. The Hall–Kier alpha value is -1.55. The van der Waals surface area contributed by atoms with Crippen LogP contribution in [-0.4, -0.2) is 17.6 Å². The SMILES string of the molecule is CC(OC(=O)C1(CN)CC1(C)C)c1ccc(O)cc1. The average Bonchev–Trinajstić information content (AvgIpc) is 2.93. The number of nitrogens with two attached hydrogens (primary N) is 1. The van der Waals surface area contributed by atoms with Crippen LogP contribution in [0.3, 0.4) is 0 Å². The van der Waals surface area contributed by atoms with Gasteiger partial charge in [0.2, 0.25) is 0 Å². The van der Waals surface area contributed by atoms with Crippen LogP contribution in [0.15, 0.2) is 24.3 Å². The van der Waals surface area contributed by atoms with E-state index in [4.69, 9.17) is 10.5 Å². The molecule has 2 atom stereocenters.